The van der Waals surface area contributed by atoms with Gasteiger partial charge in [-0.25, -0.2) is 4.79 Å². The van der Waals surface area contributed by atoms with Crippen molar-refractivity contribution in [1.82, 2.24) is 4.98 Å². The quantitative estimate of drug-likeness (QED) is 0.655. The molecule has 0 aliphatic carbocycles. The largest absolute Gasteiger partial charge is 0.493 e. The van der Waals surface area contributed by atoms with E-state index >= 15 is 0 Å². The number of aryl methyl sites for hydroxylation is 2. The molecule has 1 N–H and O–H groups in total. The topological polar surface area (TPSA) is 77.6 Å². The number of methoxy groups -OCH3 is 1. The van der Waals surface area contributed by atoms with Gasteiger partial charge in [-0.15, -0.1) is 0 Å². The number of hydrogen-bond donors (Lipinski definition) is 1. The number of aromatic nitrogens is 1. The summed E-state index contributed by atoms with van der Waals surface area (Å²) in [5, 5.41) is 0.335. The van der Waals surface area contributed by atoms with E-state index in [0.717, 1.165) is 16.7 Å². The normalized spacial score (nSPS) is 10.7. The third-order valence-corrected chi connectivity index (χ3v) is 4.55. The number of esters is 1. The molecule has 3 rings (SSSR count). The summed E-state index contributed by atoms with van der Waals surface area (Å²) in [4.78, 5) is 27.7. The van der Waals surface area contributed by atoms with Crippen molar-refractivity contribution < 1.29 is 19.0 Å². The van der Waals surface area contributed by atoms with Gasteiger partial charge in [0.2, 0.25) is 5.43 Å². The van der Waals surface area contributed by atoms with Crippen LogP contribution in [-0.2, 0) is 11.3 Å². The fourth-order valence-corrected chi connectivity index (χ4v) is 2.97. The van der Waals surface area contributed by atoms with Gasteiger partial charge in [0.15, 0.2) is 11.5 Å². The maximum absolute atomic E-state index is 12.8. The van der Waals surface area contributed by atoms with Crippen LogP contribution in [-0.4, -0.2) is 24.7 Å². The molecule has 6 heteroatoms. The van der Waals surface area contributed by atoms with Gasteiger partial charge < -0.3 is 19.2 Å². The lowest BCUT2D eigenvalue weighted by Gasteiger charge is -2.14. The number of aromatic amines is 1. The first-order valence-electron chi connectivity index (χ1n) is 9.04. The SMILES string of the molecule is CCOC(=O)c1c[nH]c2cc(OC)c(OCc3cc(C)ccc3C)cc2c1=O. The number of carbonyl (C=O) groups is 1. The van der Waals surface area contributed by atoms with Crippen LogP contribution in [0.5, 0.6) is 11.5 Å². The number of H-pyrrole nitrogens is 1. The fourth-order valence-electron chi connectivity index (χ4n) is 2.97. The molecule has 28 heavy (non-hydrogen) atoms. The smallest absolute Gasteiger partial charge is 0.343 e. The summed E-state index contributed by atoms with van der Waals surface area (Å²) >= 11 is 0. The Hall–Kier alpha value is -3.28. The van der Waals surface area contributed by atoms with Gasteiger partial charge in [-0.1, -0.05) is 23.8 Å². The molecule has 0 bridgehead atoms. The maximum atomic E-state index is 12.8. The molecule has 0 radical (unpaired) electrons. The van der Waals surface area contributed by atoms with E-state index in [2.05, 4.69) is 11.1 Å². The molecule has 1 aromatic heterocycles. The molecule has 0 spiro atoms. The van der Waals surface area contributed by atoms with E-state index < -0.39 is 11.4 Å². The van der Waals surface area contributed by atoms with Crippen molar-refractivity contribution in [1.29, 1.82) is 0 Å². The summed E-state index contributed by atoms with van der Waals surface area (Å²) in [6, 6.07) is 9.44. The Labute approximate surface area is 163 Å². The van der Waals surface area contributed by atoms with E-state index in [4.69, 9.17) is 14.2 Å². The molecule has 0 saturated carbocycles. The second-order valence-electron chi connectivity index (χ2n) is 6.52. The van der Waals surface area contributed by atoms with Gasteiger partial charge in [0.1, 0.15) is 12.2 Å². The van der Waals surface area contributed by atoms with Crippen LogP contribution in [0.4, 0.5) is 0 Å². The van der Waals surface area contributed by atoms with Crippen LogP contribution >= 0.6 is 0 Å². The van der Waals surface area contributed by atoms with Crippen molar-refractivity contribution in [2.75, 3.05) is 13.7 Å². The molecule has 2 aromatic carbocycles. The number of carbonyl (C=O) groups excluding carboxylic acids is 1. The highest BCUT2D eigenvalue weighted by Gasteiger charge is 2.17. The lowest BCUT2D eigenvalue weighted by Crippen LogP contribution is -2.18. The summed E-state index contributed by atoms with van der Waals surface area (Å²) in [5.74, 6) is 0.277. The number of pyridine rings is 1. The summed E-state index contributed by atoms with van der Waals surface area (Å²) in [6.07, 6.45) is 1.36. The van der Waals surface area contributed by atoms with Crippen LogP contribution < -0.4 is 14.9 Å². The Morgan fingerprint density at radius 2 is 1.89 bits per heavy atom. The molecule has 0 saturated heterocycles. The Morgan fingerprint density at radius 1 is 1.11 bits per heavy atom. The fraction of sp³-hybridized carbons (Fsp3) is 0.273. The molecule has 1 heterocycles. The lowest BCUT2D eigenvalue weighted by atomic mass is 10.1. The van der Waals surface area contributed by atoms with E-state index in [9.17, 15) is 9.59 Å². The Morgan fingerprint density at radius 3 is 2.61 bits per heavy atom. The lowest BCUT2D eigenvalue weighted by molar-refractivity contribution is 0.0524. The van der Waals surface area contributed by atoms with Crippen LogP contribution in [0.3, 0.4) is 0 Å². The zero-order valence-electron chi connectivity index (χ0n) is 16.4. The van der Waals surface area contributed by atoms with Crippen molar-refractivity contribution in [2.24, 2.45) is 0 Å². The minimum atomic E-state index is -0.653. The monoisotopic (exact) mass is 381 g/mol. The number of rotatable bonds is 6. The molecule has 0 fully saturated rings. The van der Waals surface area contributed by atoms with Gasteiger partial charge in [0.05, 0.1) is 24.6 Å². The molecule has 146 valence electrons. The predicted octanol–water partition coefficient (Wildman–Crippen LogP) is 3.91. The van der Waals surface area contributed by atoms with Crippen LogP contribution in [0.2, 0.25) is 0 Å². The second kappa shape index (κ2) is 8.17. The molecular formula is C22H23NO5. The maximum Gasteiger partial charge on any atom is 0.343 e. The van der Waals surface area contributed by atoms with Gasteiger partial charge in [-0.2, -0.15) is 0 Å². The average Bonchev–Trinajstić information content (AvgIpc) is 2.68. The molecule has 0 amide bonds. The molecule has 0 aliphatic heterocycles. The van der Waals surface area contributed by atoms with Crippen LogP contribution in [0.15, 0.2) is 41.3 Å². The van der Waals surface area contributed by atoms with E-state index in [1.54, 1.807) is 19.1 Å². The second-order valence-corrected chi connectivity index (χ2v) is 6.52. The minimum absolute atomic E-state index is 0.0417. The first kappa shape index (κ1) is 19.5. The standard InChI is InChI=1S/C22H23NO5/c1-5-27-22(25)17-11-23-18-10-19(26-4)20(9-16(18)21(17)24)28-12-15-8-13(2)6-7-14(15)3/h6-11H,5,12H2,1-4H3,(H,23,24). The Balaban J connectivity index is 2.01. The summed E-state index contributed by atoms with van der Waals surface area (Å²) in [6.45, 7) is 6.27. The molecule has 0 atom stereocenters. The zero-order chi connectivity index (χ0) is 20.3. The molecule has 3 aromatic rings. The van der Waals surface area contributed by atoms with Gasteiger partial charge in [-0.05, 0) is 38.0 Å². The van der Waals surface area contributed by atoms with E-state index in [1.165, 1.54) is 13.3 Å². The minimum Gasteiger partial charge on any atom is -0.493 e. The number of ether oxygens (including phenoxy) is 3. The first-order chi connectivity index (χ1) is 13.4. The van der Waals surface area contributed by atoms with E-state index in [0.29, 0.717) is 29.0 Å². The van der Waals surface area contributed by atoms with Crippen molar-refractivity contribution in [2.45, 2.75) is 27.4 Å². The van der Waals surface area contributed by atoms with E-state index in [-0.39, 0.29) is 12.2 Å². The Bertz CT molecular complexity index is 1080. The third-order valence-electron chi connectivity index (χ3n) is 4.55. The first-order valence-corrected chi connectivity index (χ1v) is 9.04. The number of fused-ring (bicyclic) bond motifs is 1. The molecular weight excluding hydrogens is 358 g/mol. The zero-order valence-corrected chi connectivity index (χ0v) is 16.4. The number of nitrogens with one attached hydrogen (secondary N) is 1. The van der Waals surface area contributed by atoms with Gasteiger partial charge in [-0.3, -0.25) is 4.79 Å². The van der Waals surface area contributed by atoms with Gasteiger partial charge in [0, 0.05) is 12.3 Å². The highest BCUT2D eigenvalue weighted by Crippen LogP contribution is 2.31. The van der Waals surface area contributed by atoms with Crippen molar-refractivity contribution in [3.63, 3.8) is 0 Å². The highest BCUT2D eigenvalue weighted by molar-refractivity contribution is 5.94. The summed E-state index contributed by atoms with van der Waals surface area (Å²) in [7, 11) is 1.54. The third kappa shape index (κ3) is 3.86. The van der Waals surface area contributed by atoms with Crippen LogP contribution in [0.25, 0.3) is 10.9 Å². The summed E-state index contributed by atoms with van der Waals surface area (Å²) in [5.41, 5.74) is 3.41. The highest BCUT2D eigenvalue weighted by atomic mass is 16.5. The van der Waals surface area contributed by atoms with Crippen molar-refractivity contribution in [3.8, 4) is 11.5 Å². The molecule has 0 unspecified atom stereocenters. The summed E-state index contributed by atoms with van der Waals surface area (Å²) < 4.78 is 16.3. The average molecular weight is 381 g/mol. The van der Waals surface area contributed by atoms with Crippen molar-refractivity contribution in [3.05, 3.63) is 69.0 Å². The Kier molecular flexibility index (Phi) is 5.68. The van der Waals surface area contributed by atoms with Gasteiger partial charge >= 0.3 is 5.97 Å². The van der Waals surface area contributed by atoms with Gasteiger partial charge in [0.25, 0.3) is 0 Å². The number of hydrogen-bond acceptors (Lipinski definition) is 5. The van der Waals surface area contributed by atoms with Crippen LogP contribution in [0, 0.1) is 13.8 Å². The van der Waals surface area contributed by atoms with Crippen molar-refractivity contribution >= 4 is 16.9 Å². The molecule has 0 aliphatic rings. The molecule has 6 nitrogen and oxygen atoms in total. The predicted molar refractivity (Wildman–Crippen MR) is 107 cm³/mol. The van der Waals surface area contributed by atoms with Crippen LogP contribution in [0.1, 0.15) is 34.0 Å². The number of benzene rings is 2. The van der Waals surface area contributed by atoms with E-state index in [1.807, 2.05) is 26.0 Å².